The molecule has 0 saturated carbocycles. The molecule has 1 aromatic heterocycles. The Bertz CT molecular complexity index is 4200. The van der Waals surface area contributed by atoms with E-state index in [4.69, 9.17) is 4.74 Å². The number of aliphatic carboxylic acids is 1. The fraction of sp³-hybridized carbons (Fsp3) is 0.453. The Morgan fingerprint density at radius 1 is 0.911 bits per heavy atom. The highest BCUT2D eigenvalue weighted by Crippen LogP contribution is 2.43. The standard InChI is InChI=1S/C75H87F2N9O13S2/c1-7-9-33-83-56(38-53-36-47(3)14-25-62(53)83)20-18-50-12-11-13-51(19-27-65-74(5,6)61-40-60(101(96,97)98)24-26-63(61)84(65)34-10-8-2)69(50)99-59-22-15-49(16-23-59)17-28-66(88)80-32-35-85-68(90)41-64(72(85)93)100-45-54(73(94)95)39-58(87)21-29-67(89)81-44-55-37-52(30-31-79-55)70(91)82-48(4)71(92)86-46-75(76,77)42-57(86)43-78/h14-16,18-20,22-27,30-31,36-37,40,48,54,57,64H,7-13,17,21,28-29,32-35,38-39,41-42,44-46H2,1-6H3,(H4-,80,81,82,88,89,91,94,95,96,97,98)/p+1/t48-,54?,57+,64?/m1/s1. The molecule has 5 N–H and O–H groups in total. The minimum atomic E-state index is -4.44. The van der Waals surface area contributed by atoms with Crippen molar-refractivity contribution >= 4 is 86.2 Å². The van der Waals surface area contributed by atoms with Crippen LogP contribution >= 0.6 is 11.8 Å². The zero-order chi connectivity index (χ0) is 72.9. The molecule has 5 heterocycles. The number of unbranched alkanes of at least 4 members (excludes halogenated alkanes) is 2. The summed E-state index contributed by atoms with van der Waals surface area (Å²) in [7, 11) is -4.44. The van der Waals surface area contributed by atoms with Gasteiger partial charge in [-0.15, -0.1) is 11.8 Å². The number of aryl methyl sites for hydroxylation is 2. The third-order valence-corrected chi connectivity index (χ3v) is 21.0. The molecule has 0 bridgehead atoms. The molecule has 536 valence electrons. The number of allylic oxidation sites excluding steroid dienone is 7. The van der Waals surface area contributed by atoms with E-state index in [1.807, 2.05) is 24.3 Å². The van der Waals surface area contributed by atoms with E-state index in [9.17, 15) is 70.5 Å². The van der Waals surface area contributed by atoms with Crippen LogP contribution in [0, 0.1) is 24.2 Å². The van der Waals surface area contributed by atoms with Gasteiger partial charge < -0.3 is 35.6 Å². The first-order chi connectivity index (χ1) is 48.1. The third kappa shape index (κ3) is 19.3. The molecule has 26 heteroatoms. The van der Waals surface area contributed by atoms with Gasteiger partial charge in [0, 0.05) is 118 Å². The minimum Gasteiger partial charge on any atom is -0.481 e. The van der Waals surface area contributed by atoms with Crippen molar-refractivity contribution in [3.63, 3.8) is 0 Å². The lowest BCUT2D eigenvalue weighted by molar-refractivity contribution is -0.438. The van der Waals surface area contributed by atoms with Crippen molar-refractivity contribution in [2.24, 2.45) is 5.92 Å². The van der Waals surface area contributed by atoms with Gasteiger partial charge in [0.2, 0.25) is 35.2 Å². The van der Waals surface area contributed by atoms with Crippen LogP contribution in [0.25, 0.3) is 0 Å². The topological polar surface area (TPSA) is 306 Å². The second-order valence-corrected chi connectivity index (χ2v) is 29.5. The first-order valence-electron chi connectivity index (χ1n) is 34.4. The van der Waals surface area contributed by atoms with E-state index in [2.05, 4.69) is 108 Å². The molecular weight excluding hydrogens is 1340 g/mol. The van der Waals surface area contributed by atoms with Crippen LogP contribution in [0.15, 0.2) is 131 Å². The van der Waals surface area contributed by atoms with Gasteiger partial charge in [0.25, 0.3) is 21.9 Å². The zero-order valence-corrected chi connectivity index (χ0v) is 59.5. The van der Waals surface area contributed by atoms with Crippen molar-refractivity contribution in [2.75, 3.05) is 43.4 Å². The van der Waals surface area contributed by atoms with E-state index in [0.29, 0.717) is 18.7 Å². The van der Waals surface area contributed by atoms with Crippen molar-refractivity contribution < 1.29 is 74.5 Å². The molecule has 22 nitrogen and oxygen atoms in total. The van der Waals surface area contributed by atoms with E-state index in [0.717, 1.165) is 119 Å². The number of rotatable bonds is 32. The first kappa shape index (κ1) is 76.0. The summed E-state index contributed by atoms with van der Waals surface area (Å²) in [5, 5.41) is 26.2. The van der Waals surface area contributed by atoms with Gasteiger partial charge in [-0.2, -0.15) is 18.3 Å². The van der Waals surface area contributed by atoms with Gasteiger partial charge in [0.15, 0.2) is 5.71 Å². The predicted octanol–water partition coefficient (Wildman–Crippen LogP) is 10.1. The number of imide groups is 1. The highest BCUT2D eigenvalue weighted by molar-refractivity contribution is 8.00. The molecule has 0 radical (unpaired) electrons. The number of thioether (sulfide) groups is 1. The van der Waals surface area contributed by atoms with E-state index in [1.54, 1.807) is 18.2 Å². The van der Waals surface area contributed by atoms with Crippen LogP contribution in [0.1, 0.15) is 156 Å². The number of carbonyl (C=O) groups is 8. The number of amides is 6. The van der Waals surface area contributed by atoms with Crippen LogP contribution in [0.3, 0.4) is 0 Å². The van der Waals surface area contributed by atoms with Crippen LogP contribution < -0.4 is 25.6 Å². The maximum atomic E-state index is 13.9. The molecule has 4 aliphatic heterocycles. The summed E-state index contributed by atoms with van der Waals surface area (Å²) in [5.74, 6) is -8.62. The quantitative estimate of drug-likeness (QED) is 0.0172. The van der Waals surface area contributed by atoms with Gasteiger partial charge in [-0.1, -0.05) is 62.6 Å². The number of carboxylic acids is 1. The Morgan fingerprint density at radius 2 is 1.66 bits per heavy atom. The van der Waals surface area contributed by atoms with Gasteiger partial charge in [-0.25, -0.2) is 8.78 Å². The number of ether oxygens (including phenoxy) is 1. The van der Waals surface area contributed by atoms with Gasteiger partial charge in [-0.3, -0.25) is 52.8 Å². The smallest absolute Gasteiger partial charge is 0.307 e. The van der Waals surface area contributed by atoms with Crippen molar-refractivity contribution in [3.8, 4) is 11.8 Å². The van der Waals surface area contributed by atoms with E-state index in [1.165, 1.54) is 53.8 Å². The van der Waals surface area contributed by atoms with Gasteiger partial charge in [0.05, 0.1) is 46.3 Å². The van der Waals surface area contributed by atoms with Crippen LogP contribution in [-0.2, 0) is 68.5 Å². The first-order valence-corrected chi connectivity index (χ1v) is 36.9. The SMILES string of the molecule is CCCCN1C(=CC=C2CCCC(C=CC3=[N+](CCCC)c4ccc(S(=O)(=O)O)cc4C3(C)C)=C2Oc2ccc(CCC(=O)NCCN3C(=O)CC(SCC(CC(=O)CCC(=O)NCc4cc(C(=O)N[C@H](C)C(=O)N5CC(F)(F)C[C@H]5C#N)ccn4)C(=O)O)C3=O)cc2)Cc2cc(C)ccc21. The number of alkyl halides is 2. The highest BCUT2D eigenvalue weighted by Gasteiger charge is 2.49. The number of ketones is 1. The van der Waals surface area contributed by atoms with Gasteiger partial charge in [0.1, 0.15) is 35.9 Å². The number of hydrogen-bond acceptors (Lipinski definition) is 15. The number of nitrogens with one attached hydrogen (secondary N) is 3. The number of pyridine rings is 1. The second kappa shape index (κ2) is 33.5. The molecule has 101 heavy (non-hydrogen) atoms. The number of carbonyl (C=O) groups excluding carboxylic acids is 7. The summed E-state index contributed by atoms with van der Waals surface area (Å²) in [6.45, 7) is 12.3. The number of fused-ring (bicyclic) bond motifs is 2. The van der Waals surface area contributed by atoms with E-state index < -0.39 is 105 Å². The summed E-state index contributed by atoms with van der Waals surface area (Å²) in [6, 6.07) is 20.8. The summed E-state index contributed by atoms with van der Waals surface area (Å²) >= 11 is 0.945. The molecule has 1 aliphatic carbocycles. The maximum absolute atomic E-state index is 13.9. The monoisotopic (exact) mass is 1420 g/mol. The summed E-state index contributed by atoms with van der Waals surface area (Å²) in [4.78, 5) is 112. The summed E-state index contributed by atoms with van der Waals surface area (Å²) < 4.78 is 71.8. The second-order valence-electron chi connectivity index (χ2n) is 26.8. The molecule has 3 aromatic carbocycles. The lowest BCUT2D eigenvalue weighted by Gasteiger charge is -2.23. The molecule has 2 saturated heterocycles. The Balaban J connectivity index is 0.756. The summed E-state index contributed by atoms with van der Waals surface area (Å²) in [6.07, 6.45) is 15.6. The van der Waals surface area contributed by atoms with Crippen molar-refractivity contribution in [3.05, 3.63) is 159 Å². The normalized spacial score (nSPS) is 19.2. The number of likely N-dealkylation sites (tertiary alicyclic amines) is 2. The number of carboxylic acid groups (broad SMARTS) is 1. The summed E-state index contributed by atoms with van der Waals surface area (Å²) in [5.41, 5.74) is 10.2. The van der Waals surface area contributed by atoms with Gasteiger partial charge >= 0.3 is 5.97 Å². The minimum absolute atomic E-state index is 0.0138. The Kier molecular flexibility index (Phi) is 25.2. The van der Waals surface area contributed by atoms with Crippen LogP contribution in [0.5, 0.6) is 5.75 Å². The van der Waals surface area contributed by atoms with Crippen molar-refractivity contribution in [2.45, 2.75) is 178 Å². The molecule has 6 amide bonds. The molecule has 4 atom stereocenters. The average molecular weight is 1430 g/mol. The number of anilines is 1. The van der Waals surface area contributed by atoms with Crippen molar-refractivity contribution in [1.82, 2.24) is 30.7 Å². The molecule has 9 rings (SSSR count). The molecular formula is C75H88F2N9O13S2+. The lowest BCUT2D eigenvalue weighted by atomic mass is 9.81. The Morgan fingerprint density at radius 3 is 2.39 bits per heavy atom. The lowest BCUT2D eigenvalue weighted by Crippen LogP contribution is -2.48. The van der Waals surface area contributed by atoms with Crippen LogP contribution in [0.2, 0.25) is 0 Å². The molecule has 5 aliphatic rings. The number of nitrogens with zero attached hydrogens (tertiary/aromatic N) is 6. The molecule has 4 aromatic rings. The maximum Gasteiger partial charge on any atom is 0.307 e. The van der Waals surface area contributed by atoms with Crippen molar-refractivity contribution in [1.29, 1.82) is 5.26 Å². The molecule has 2 unspecified atom stereocenters. The Labute approximate surface area is 592 Å². The number of benzene rings is 3. The number of halogens is 2. The third-order valence-electron chi connectivity index (χ3n) is 18.8. The van der Waals surface area contributed by atoms with Crippen LogP contribution in [-0.4, -0.2) is 152 Å². The number of aromatic nitrogens is 1. The molecule has 2 fully saturated rings. The largest absolute Gasteiger partial charge is 0.481 e. The van der Waals surface area contributed by atoms with E-state index in [-0.39, 0.29) is 73.1 Å². The van der Waals surface area contributed by atoms with Gasteiger partial charge in [-0.05, 0) is 137 Å². The number of nitriles is 1. The average Bonchev–Trinajstić information content (AvgIpc) is 1.59. The van der Waals surface area contributed by atoms with E-state index >= 15 is 0 Å². The number of Topliss-reactive ketones (excluding diaryl/α,β-unsaturated/α-hetero) is 1. The Hall–Kier alpha value is -9.19. The number of hydrogen-bond donors (Lipinski definition) is 5. The molecule has 0 spiro atoms. The fourth-order valence-electron chi connectivity index (χ4n) is 13.2. The fourth-order valence-corrected chi connectivity index (χ4v) is 15.0. The zero-order valence-electron chi connectivity index (χ0n) is 57.8. The predicted molar refractivity (Wildman–Crippen MR) is 377 cm³/mol. The highest BCUT2D eigenvalue weighted by atomic mass is 32.2. The van der Waals surface area contributed by atoms with Crippen LogP contribution in [0.4, 0.5) is 20.2 Å².